The van der Waals surface area contributed by atoms with Crippen molar-refractivity contribution in [2.75, 3.05) is 0 Å². The number of nitrogens with zero attached hydrogens (tertiary/aromatic N) is 1. The quantitative estimate of drug-likeness (QED) is 0.860. The summed E-state index contributed by atoms with van der Waals surface area (Å²) in [6.45, 7) is 2.29. The van der Waals surface area contributed by atoms with E-state index in [0.717, 1.165) is 5.56 Å². The minimum Gasteiger partial charge on any atom is -0.481 e. The highest BCUT2D eigenvalue weighted by molar-refractivity contribution is 5.86. The van der Waals surface area contributed by atoms with Crippen LogP contribution in [0, 0.1) is 5.92 Å². The SMILES string of the molecule is C[C@H]1[C@@H](C(=O)O)CC(=O)N1Cc1ccccc1. The molecule has 2 atom stereocenters. The van der Waals surface area contributed by atoms with Crippen LogP contribution < -0.4 is 0 Å². The van der Waals surface area contributed by atoms with E-state index in [1.54, 1.807) is 11.8 Å². The number of carboxylic acids is 1. The Labute approximate surface area is 99.9 Å². The van der Waals surface area contributed by atoms with E-state index >= 15 is 0 Å². The minimum atomic E-state index is -0.888. The molecule has 1 aromatic carbocycles. The normalized spacial score (nSPS) is 24.1. The van der Waals surface area contributed by atoms with E-state index in [2.05, 4.69) is 0 Å². The maximum absolute atomic E-state index is 11.8. The molecule has 1 N–H and O–H groups in total. The van der Waals surface area contributed by atoms with Crippen molar-refractivity contribution in [2.45, 2.75) is 25.9 Å². The second-order valence-corrected chi connectivity index (χ2v) is 4.40. The van der Waals surface area contributed by atoms with Crippen LogP contribution in [0.1, 0.15) is 18.9 Å². The van der Waals surface area contributed by atoms with Gasteiger partial charge in [-0.2, -0.15) is 0 Å². The Morgan fingerprint density at radius 1 is 1.41 bits per heavy atom. The molecule has 1 saturated heterocycles. The number of hydrogen-bond donors (Lipinski definition) is 1. The average Bonchev–Trinajstić information content (AvgIpc) is 2.58. The highest BCUT2D eigenvalue weighted by atomic mass is 16.4. The van der Waals surface area contributed by atoms with Gasteiger partial charge in [-0.3, -0.25) is 9.59 Å². The number of hydrogen-bond acceptors (Lipinski definition) is 2. The summed E-state index contributed by atoms with van der Waals surface area (Å²) in [6, 6.07) is 9.38. The van der Waals surface area contributed by atoms with Crippen LogP contribution >= 0.6 is 0 Å². The van der Waals surface area contributed by atoms with Crippen molar-refractivity contribution < 1.29 is 14.7 Å². The van der Waals surface area contributed by atoms with Crippen LogP contribution in [0.25, 0.3) is 0 Å². The minimum absolute atomic E-state index is 0.0752. The Bertz CT molecular complexity index is 430. The summed E-state index contributed by atoms with van der Waals surface area (Å²) in [7, 11) is 0. The smallest absolute Gasteiger partial charge is 0.309 e. The van der Waals surface area contributed by atoms with Crippen molar-refractivity contribution >= 4 is 11.9 Å². The standard InChI is InChI=1S/C13H15NO3/c1-9-11(13(16)17)7-12(15)14(9)8-10-5-3-2-4-6-10/h2-6,9,11H,7-8H2,1H3,(H,16,17)/t9-,11-/m0/s1. The molecule has 1 heterocycles. The monoisotopic (exact) mass is 233 g/mol. The van der Waals surface area contributed by atoms with Crippen LogP contribution in [-0.2, 0) is 16.1 Å². The van der Waals surface area contributed by atoms with Crippen molar-refractivity contribution in [3.63, 3.8) is 0 Å². The van der Waals surface area contributed by atoms with E-state index in [-0.39, 0.29) is 18.4 Å². The van der Waals surface area contributed by atoms with Gasteiger partial charge in [-0.1, -0.05) is 30.3 Å². The van der Waals surface area contributed by atoms with Crippen LogP contribution in [0.3, 0.4) is 0 Å². The van der Waals surface area contributed by atoms with Gasteiger partial charge in [0.2, 0.25) is 5.91 Å². The van der Waals surface area contributed by atoms with Crippen molar-refractivity contribution in [3.05, 3.63) is 35.9 Å². The van der Waals surface area contributed by atoms with Crippen LogP contribution in [-0.4, -0.2) is 27.9 Å². The molecule has 0 radical (unpaired) electrons. The molecular formula is C13H15NO3. The fourth-order valence-electron chi connectivity index (χ4n) is 2.23. The Balaban J connectivity index is 2.12. The molecule has 0 bridgehead atoms. The van der Waals surface area contributed by atoms with Gasteiger partial charge in [0.1, 0.15) is 0 Å². The van der Waals surface area contributed by atoms with Crippen LogP contribution in [0.4, 0.5) is 0 Å². The molecule has 1 aliphatic rings. The number of carbonyl (C=O) groups is 2. The van der Waals surface area contributed by atoms with E-state index in [4.69, 9.17) is 5.11 Å². The highest BCUT2D eigenvalue weighted by Crippen LogP contribution is 2.27. The Morgan fingerprint density at radius 2 is 2.06 bits per heavy atom. The van der Waals surface area contributed by atoms with Crippen molar-refractivity contribution in [1.29, 1.82) is 0 Å². The third kappa shape index (κ3) is 2.30. The van der Waals surface area contributed by atoms with E-state index < -0.39 is 11.9 Å². The number of amides is 1. The zero-order valence-corrected chi connectivity index (χ0v) is 9.67. The first-order valence-electron chi connectivity index (χ1n) is 5.66. The maximum atomic E-state index is 11.8. The summed E-state index contributed by atoms with van der Waals surface area (Å²) >= 11 is 0. The number of carbonyl (C=O) groups excluding carboxylic acids is 1. The fraction of sp³-hybridized carbons (Fsp3) is 0.385. The molecule has 1 aliphatic heterocycles. The molecule has 4 nitrogen and oxygen atoms in total. The second-order valence-electron chi connectivity index (χ2n) is 4.40. The predicted molar refractivity (Wildman–Crippen MR) is 62.2 cm³/mol. The number of aliphatic carboxylic acids is 1. The Morgan fingerprint density at radius 3 is 2.59 bits per heavy atom. The van der Waals surface area contributed by atoms with Gasteiger partial charge < -0.3 is 10.0 Å². The summed E-state index contributed by atoms with van der Waals surface area (Å²) in [6.07, 6.45) is 0.114. The van der Waals surface area contributed by atoms with Gasteiger partial charge >= 0.3 is 5.97 Å². The molecule has 17 heavy (non-hydrogen) atoms. The Kier molecular flexibility index (Phi) is 3.13. The molecule has 1 amide bonds. The summed E-state index contributed by atoms with van der Waals surface area (Å²) < 4.78 is 0. The molecule has 0 unspecified atom stereocenters. The van der Waals surface area contributed by atoms with Gasteiger partial charge in [0, 0.05) is 19.0 Å². The lowest BCUT2D eigenvalue weighted by Crippen LogP contribution is -2.34. The van der Waals surface area contributed by atoms with Crippen molar-refractivity contribution in [1.82, 2.24) is 4.90 Å². The van der Waals surface area contributed by atoms with Crippen LogP contribution in [0.5, 0.6) is 0 Å². The van der Waals surface area contributed by atoms with Gasteiger partial charge in [-0.25, -0.2) is 0 Å². The van der Waals surface area contributed by atoms with Gasteiger partial charge in [0.15, 0.2) is 0 Å². The number of carboxylic acid groups (broad SMARTS) is 1. The summed E-state index contributed by atoms with van der Waals surface area (Å²) in [5.41, 5.74) is 1.03. The Hall–Kier alpha value is -1.84. The van der Waals surface area contributed by atoms with E-state index in [9.17, 15) is 9.59 Å². The van der Waals surface area contributed by atoms with Crippen LogP contribution in [0.15, 0.2) is 30.3 Å². The zero-order chi connectivity index (χ0) is 12.4. The van der Waals surface area contributed by atoms with Crippen molar-refractivity contribution in [2.24, 2.45) is 5.92 Å². The lowest BCUT2D eigenvalue weighted by Gasteiger charge is -2.23. The molecule has 90 valence electrons. The fourth-order valence-corrected chi connectivity index (χ4v) is 2.23. The highest BCUT2D eigenvalue weighted by Gasteiger charge is 2.40. The summed E-state index contributed by atoms with van der Waals surface area (Å²) in [5.74, 6) is -1.54. The molecule has 4 heteroatoms. The van der Waals surface area contributed by atoms with Gasteiger partial charge in [-0.15, -0.1) is 0 Å². The molecule has 0 spiro atoms. The largest absolute Gasteiger partial charge is 0.481 e. The first-order chi connectivity index (χ1) is 8.09. The van der Waals surface area contributed by atoms with Crippen molar-refractivity contribution in [3.8, 4) is 0 Å². The lowest BCUT2D eigenvalue weighted by molar-refractivity contribution is -0.142. The molecule has 0 aromatic heterocycles. The second kappa shape index (κ2) is 4.57. The van der Waals surface area contributed by atoms with Gasteiger partial charge in [0.05, 0.1) is 5.92 Å². The number of benzene rings is 1. The molecule has 2 rings (SSSR count). The summed E-state index contributed by atoms with van der Waals surface area (Å²) in [4.78, 5) is 24.4. The first-order valence-corrected chi connectivity index (χ1v) is 5.66. The number of rotatable bonds is 3. The lowest BCUT2D eigenvalue weighted by atomic mass is 10.0. The molecular weight excluding hydrogens is 218 g/mol. The molecule has 1 aromatic rings. The summed E-state index contributed by atoms with van der Waals surface area (Å²) in [5, 5.41) is 9.01. The van der Waals surface area contributed by atoms with E-state index in [1.165, 1.54) is 0 Å². The van der Waals surface area contributed by atoms with E-state index in [0.29, 0.717) is 6.54 Å². The van der Waals surface area contributed by atoms with Gasteiger partial charge in [-0.05, 0) is 12.5 Å². The molecule has 1 fully saturated rings. The third-order valence-corrected chi connectivity index (χ3v) is 3.30. The van der Waals surface area contributed by atoms with E-state index in [1.807, 2.05) is 30.3 Å². The predicted octanol–water partition coefficient (Wildman–Crippen LogP) is 1.51. The molecule has 0 saturated carbocycles. The van der Waals surface area contributed by atoms with Gasteiger partial charge in [0.25, 0.3) is 0 Å². The zero-order valence-electron chi connectivity index (χ0n) is 9.67. The molecule has 0 aliphatic carbocycles. The average molecular weight is 233 g/mol. The maximum Gasteiger partial charge on any atom is 0.309 e. The third-order valence-electron chi connectivity index (χ3n) is 3.30. The number of likely N-dealkylation sites (tertiary alicyclic amines) is 1. The first kappa shape index (κ1) is 11.6. The topological polar surface area (TPSA) is 57.6 Å². The van der Waals surface area contributed by atoms with Crippen LogP contribution in [0.2, 0.25) is 0 Å².